The predicted molar refractivity (Wildman–Crippen MR) is 126 cm³/mol. The first-order valence-electron chi connectivity index (χ1n) is 10.2. The minimum atomic E-state index is -3.94. The monoisotopic (exact) mass is 460 g/mol. The quantitative estimate of drug-likeness (QED) is 0.463. The van der Waals surface area contributed by atoms with Gasteiger partial charge in [0.2, 0.25) is 0 Å². The fraction of sp³-hybridized carbons (Fsp3) is 0.0800. The number of sulfonamides is 1. The second kappa shape index (κ2) is 7.91. The average Bonchev–Trinajstić information content (AvgIpc) is 3.08. The molecule has 8 heteroatoms. The summed E-state index contributed by atoms with van der Waals surface area (Å²) in [7, 11) is -2.40. The zero-order valence-corrected chi connectivity index (χ0v) is 18.4. The van der Waals surface area contributed by atoms with Crippen LogP contribution in [0.1, 0.15) is 22.1 Å². The molecule has 1 unspecified atom stereocenters. The molecule has 0 aromatic heterocycles. The number of methoxy groups -OCH3 is 1. The van der Waals surface area contributed by atoms with Crippen LogP contribution >= 0.6 is 0 Å². The number of carbonyl (C=O) groups is 1. The van der Waals surface area contributed by atoms with Crippen molar-refractivity contribution in [1.82, 2.24) is 0 Å². The van der Waals surface area contributed by atoms with Crippen molar-refractivity contribution in [3.8, 4) is 5.75 Å². The number of ether oxygens (including phenoxy) is 1. The molecule has 0 fully saturated rings. The summed E-state index contributed by atoms with van der Waals surface area (Å²) >= 11 is 0. The molecule has 0 aliphatic carbocycles. The highest BCUT2D eigenvalue weighted by Crippen LogP contribution is 2.40. The Morgan fingerprint density at radius 3 is 2.24 bits per heavy atom. The fourth-order valence-electron chi connectivity index (χ4n) is 4.11. The van der Waals surface area contributed by atoms with Crippen LogP contribution in [-0.4, -0.2) is 26.5 Å². The molecule has 0 saturated carbocycles. The van der Waals surface area contributed by atoms with Crippen molar-refractivity contribution in [2.45, 2.75) is 11.1 Å². The number of aliphatic hydroxyl groups excluding tert-OH is 1. The molecule has 1 aliphatic heterocycles. The number of rotatable bonds is 5. The second-order valence-corrected chi connectivity index (χ2v) is 9.25. The van der Waals surface area contributed by atoms with E-state index in [0.717, 1.165) is 0 Å². The highest BCUT2D eigenvalue weighted by atomic mass is 32.2. The Balaban J connectivity index is 1.58. The molecule has 5 rings (SSSR count). The van der Waals surface area contributed by atoms with Crippen molar-refractivity contribution >= 4 is 38.1 Å². The zero-order valence-electron chi connectivity index (χ0n) is 17.6. The molecule has 1 aliphatic rings. The molecule has 2 N–H and O–H groups in total. The molecule has 4 aromatic rings. The molecule has 0 saturated heterocycles. The van der Waals surface area contributed by atoms with E-state index in [-0.39, 0.29) is 10.8 Å². The van der Waals surface area contributed by atoms with Gasteiger partial charge in [0.15, 0.2) is 6.23 Å². The molecular weight excluding hydrogens is 440 g/mol. The van der Waals surface area contributed by atoms with Crippen molar-refractivity contribution in [1.29, 1.82) is 0 Å². The van der Waals surface area contributed by atoms with E-state index in [4.69, 9.17) is 4.74 Å². The first-order chi connectivity index (χ1) is 15.9. The van der Waals surface area contributed by atoms with Crippen LogP contribution in [0.2, 0.25) is 0 Å². The van der Waals surface area contributed by atoms with Gasteiger partial charge in [-0.05, 0) is 42.5 Å². The van der Waals surface area contributed by atoms with E-state index >= 15 is 0 Å². The molecule has 0 bridgehead atoms. The zero-order chi connectivity index (χ0) is 23.2. The van der Waals surface area contributed by atoms with Gasteiger partial charge in [-0.2, -0.15) is 0 Å². The Labute approximate surface area is 190 Å². The summed E-state index contributed by atoms with van der Waals surface area (Å²) in [6.45, 7) is 0. The summed E-state index contributed by atoms with van der Waals surface area (Å²) in [6, 6.07) is 23.4. The number of anilines is 2. The smallest absolute Gasteiger partial charge is 0.262 e. The maximum Gasteiger partial charge on any atom is 0.262 e. The third-order valence-corrected chi connectivity index (χ3v) is 7.12. The van der Waals surface area contributed by atoms with E-state index in [1.54, 1.807) is 78.9 Å². The summed E-state index contributed by atoms with van der Waals surface area (Å²) in [5, 5.41) is 11.8. The third-order valence-electron chi connectivity index (χ3n) is 5.69. The Morgan fingerprint density at radius 2 is 1.55 bits per heavy atom. The first kappa shape index (κ1) is 21.0. The lowest BCUT2D eigenvalue weighted by Gasteiger charge is -2.23. The molecule has 1 atom stereocenters. The number of benzene rings is 4. The van der Waals surface area contributed by atoms with Crippen molar-refractivity contribution < 1.29 is 23.1 Å². The van der Waals surface area contributed by atoms with Gasteiger partial charge in [-0.1, -0.05) is 42.5 Å². The third kappa shape index (κ3) is 3.49. The Morgan fingerprint density at radius 1 is 0.879 bits per heavy atom. The van der Waals surface area contributed by atoms with Gasteiger partial charge in [-0.25, -0.2) is 8.42 Å². The van der Waals surface area contributed by atoms with E-state index in [1.165, 1.54) is 18.1 Å². The Bertz CT molecular complexity index is 1480. The van der Waals surface area contributed by atoms with E-state index in [9.17, 15) is 18.3 Å². The minimum Gasteiger partial charge on any atom is -0.497 e. The number of hydrogen-bond acceptors (Lipinski definition) is 5. The van der Waals surface area contributed by atoms with Gasteiger partial charge in [0, 0.05) is 27.6 Å². The second-order valence-electron chi connectivity index (χ2n) is 7.60. The Kier molecular flexibility index (Phi) is 5.03. The minimum absolute atomic E-state index is 0.0660. The van der Waals surface area contributed by atoms with Gasteiger partial charge >= 0.3 is 0 Å². The lowest BCUT2D eigenvalue weighted by atomic mass is 10.1. The van der Waals surface area contributed by atoms with E-state index in [0.29, 0.717) is 39.0 Å². The van der Waals surface area contributed by atoms with E-state index < -0.39 is 16.3 Å². The predicted octanol–water partition coefficient (Wildman–Crippen LogP) is 4.30. The molecule has 1 heterocycles. The Hall–Kier alpha value is -3.88. The molecule has 7 nitrogen and oxygen atoms in total. The topological polar surface area (TPSA) is 95.9 Å². The number of nitrogens with one attached hydrogen (secondary N) is 1. The summed E-state index contributed by atoms with van der Waals surface area (Å²) in [5.41, 5.74) is 1.77. The van der Waals surface area contributed by atoms with Crippen LogP contribution in [0.3, 0.4) is 0 Å². The first-order valence-corrected chi connectivity index (χ1v) is 11.7. The highest BCUT2D eigenvalue weighted by molar-refractivity contribution is 7.93. The SMILES string of the molecule is COc1ccc(NS(=O)(=O)c2ccc(N3C(=O)c4ccccc4C3O)c3ccccc23)cc1. The van der Waals surface area contributed by atoms with Crippen LogP contribution in [-0.2, 0) is 10.0 Å². The summed E-state index contributed by atoms with van der Waals surface area (Å²) in [6.07, 6.45) is -1.16. The number of aliphatic hydroxyl groups is 1. The van der Waals surface area contributed by atoms with Crippen LogP contribution in [0.15, 0.2) is 89.8 Å². The molecule has 166 valence electrons. The molecule has 0 spiro atoms. The normalized spacial score (nSPS) is 15.5. The van der Waals surface area contributed by atoms with E-state index in [1.807, 2.05) is 0 Å². The molecule has 0 radical (unpaired) electrons. The van der Waals surface area contributed by atoms with Crippen molar-refractivity contribution in [2.24, 2.45) is 0 Å². The average molecular weight is 461 g/mol. The lowest BCUT2D eigenvalue weighted by Crippen LogP contribution is -2.28. The highest BCUT2D eigenvalue weighted by Gasteiger charge is 2.37. The number of nitrogens with zero attached hydrogens (tertiary/aromatic N) is 1. The van der Waals surface area contributed by atoms with Gasteiger partial charge in [0.25, 0.3) is 15.9 Å². The van der Waals surface area contributed by atoms with Gasteiger partial charge in [0.05, 0.1) is 17.7 Å². The van der Waals surface area contributed by atoms with Gasteiger partial charge in [-0.3, -0.25) is 14.4 Å². The van der Waals surface area contributed by atoms with Crippen molar-refractivity contribution in [3.63, 3.8) is 0 Å². The van der Waals surface area contributed by atoms with E-state index in [2.05, 4.69) is 4.72 Å². The van der Waals surface area contributed by atoms with Crippen molar-refractivity contribution in [3.05, 3.63) is 96.1 Å². The van der Waals surface area contributed by atoms with Crippen LogP contribution in [0, 0.1) is 0 Å². The van der Waals surface area contributed by atoms with Gasteiger partial charge in [-0.15, -0.1) is 0 Å². The number of fused-ring (bicyclic) bond motifs is 2. The van der Waals surface area contributed by atoms with Gasteiger partial charge < -0.3 is 9.84 Å². The van der Waals surface area contributed by atoms with Crippen LogP contribution in [0.4, 0.5) is 11.4 Å². The standard InChI is InChI=1S/C25H20N2O5S/c1-32-17-12-10-16(11-13-17)26-33(30,31)23-15-14-22(18-6-2-3-7-19(18)23)27-24(28)20-8-4-5-9-21(20)25(27)29/h2-15,24,26,28H,1H3. The summed E-state index contributed by atoms with van der Waals surface area (Å²) in [5.74, 6) is 0.276. The maximum atomic E-state index is 13.2. The molecule has 1 amide bonds. The van der Waals surface area contributed by atoms with Crippen LogP contribution < -0.4 is 14.4 Å². The fourth-order valence-corrected chi connectivity index (χ4v) is 5.38. The summed E-state index contributed by atoms with van der Waals surface area (Å²) < 4.78 is 34.2. The number of carbonyl (C=O) groups excluding carboxylic acids is 1. The van der Waals surface area contributed by atoms with Gasteiger partial charge in [0.1, 0.15) is 5.75 Å². The molecular formula is C25H20N2O5S. The van der Waals surface area contributed by atoms with Crippen molar-refractivity contribution in [2.75, 3.05) is 16.7 Å². The number of amides is 1. The van der Waals surface area contributed by atoms with Crippen LogP contribution in [0.5, 0.6) is 5.75 Å². The molecule has 4 aromatic carbocycles. The lowest BCUT2D eigenvalue weighted by molar-refractivity contribution is 0.0936. The molecule has 33 heavy (non-hydrogen) atoms. The maximum absolute atomic E-state index is 13.2. The largest absolute Gasteiger partial charge is 0.497 e. The van der Waals surface area contributed by atoms with Crippen LogP contribution in [0.25, 0.3) is 10.8 Å². The number of hydrogen-bond donors (Lipinski definition) is 2. The summed E-state index contributed by atoms with van der Waals surface area (Å²) in [4.78, 5) is 14.4.